The minimum atomic E-state index is -0.138. The van der Waals surface area contributed by atoms with Crippen molar-refractivity contribution in [1.29, 1.82) is 0 Å². The molecule has 6 nitrogen and oxygen atoms in total. The molecule has 3 aromatic rings. The van der Waals surface area contributed by atoms with Gasteiger partial charge in [-0.05, 0) is 36.1 Å². The van der Waals surface area contributed by atoms with E-state index in [2.05, 4.69) is 46.9 Å². The maximum Gasteiger partial charge on any atom is 0.234 e. The third-order valence-electron chi connectivity index (χ3n) is 4.83. The monoisotopic (exact) mass is 425 g/mol. The molecule has 7 heteroatoms. The van der Waals surface area contributed by atoms with Crippen LogP contribution in [-0.4, -0.2) is 35.4 Å². The highest BCUT2D eigenvalue weighted by Crippen LogP contribution is 2.30. The van der Waals surface area contributed by atoms with Gasteiger partial charge in [0.2, 0.25) is 5.91 Å². The van der Waals surface area contributed by atoms with Crippen LogP contribution < -0.4 is 14.8 Å². The number of para-hydroxylation sites is 1. The zero-order valence-electron chi connectivity index (χ0n) is 17.8. The van der Waals surface area contributed by atoms with Crippen LogP contribution in [0.2, 0.25) is 0 Å². The molecule has 0 spiro atoms. The van der Waals surface area contributed by atoms with Crippen molar-refractivity contribution in [3.05, 3.63) is 59.9 Å². The highest BCUT2D eigenvalue weighted by atomic mass is 32.2. The Bertz CT molecular complexity index is 994. The topological polar surface area (TPSA) is 65.4 Å². The standard InChI is InChI=1S/C23H27N3O3S/c1-5-16-8-7-9-17(6-2)22(16)26-13-12-24-23(26)30-15-21(27)25-19-14-18(28-3)10-11-20(19)29-4/h7-14H,5-6,15H2,1-4H3,(H,25,27). The summed E-state index contributed by atoms with van der Waals surface area (Å²) in [5.41, 5.74) is 4.27. The van der Waals surface area contributed by atoms with Gasteiger partial charge in [-0.25, -0.2) is 4.98 Å². The van der Waals surface area contributed by atoms with E-state index in [0.717, 1.165) is 23.7 Å². The fourth-order valence-electron chi connectivity index (χ4n) is 3.32. The van der Waals surface area contributed by atoms with E-state index < -0.39 is 0 Å². The summed E-state index contributed by atoms with van der Waals surface area (Å²) in [5, 5.41) is 3.69. The predicted octanol–water partition coefficient (Wildman–Crippen LogP) is 4.75. The minimum absolute atomic E-state index is 0.138. The summed E-state index contributed by atoms with van der Waals surface area (Å²) >= 11 is 1.41. The van der Waals surface area contributed by atoms with Gasteiger partial charge in [-0.2, -0.15) is 0 Å². The number of carbonyl (C=O) groups is 1. The number of amides is 1. The molecule has 0 aliphatic carbocycles. The summed E-state index contributed by atoms with van der Waals surface area (Å²) in [6, 6.07) is 11.7. The Hall–Kier alpha value is -2.93. The smallest absolute Gasteiger partial charge is 0.234 e. The zero-order chi connectivity index (χ0) is 21.5. The lowest BCUT2D eigenvalue weighted by Crippen LogP contribution is -2.15. The van der Waals surface area contributed by atoms with Gasteiger partial charge in [-0.1, -0.05) is 43.8 Å². The molecule has 1 aromatic heterocycles. The molecule has 0 bridgehead atoms. The van der Waals surface area contributed by atoms with E-state index in [1.54, 1.807) is 38.6 Å². The van der Waals surface area contributed by atoms with Crippen molar-refractivity contribution in [1.82, 2.24) is 9.55 Å². The Kier molecular flexibility index (Phi) is 7.41. The van der Waals surface area contributed by atoms with Crippen LogP contribution in [0.3, 0.4) is 0 Å². The first-order valence-corrected chi connectivity index (χ1v) is 10.9. The SMILES string of the molecule is CCc1cccc(CC)c1-n1ccnc1SCC(=O)Nc1cc(OC)ccc1OC. The molecule has 2 aromatic carbocycles. The number of methoxy groups -OCH3 is 2. The maximum atomic E-state index is 12.6. The van der Waals surface area contributed by atoms with Gasteiger partial charge in [0.05, 0.1) is 31.3 Å². The third kappa shape index (κ3) is 4.79. The number of rotatable bonds is 9. The van der Waals surface area contributed by atoms with Crippen LogP contribution in [0.1, 0.15) is 25.0 Å². The van der Waals surface area contributed by atoms with Crippen LogP contribution in [0, 0.1) is 0 Å². The number of nitrogens with one attached hydrogen (secondary N) is 1. The molecule has 0 saturated heterocycles. The molecule has 0 atom stereocenters. The van der Waals surface area contributed by atoms with Crippen molar-refractivity contribution < 1.29 is 14.3 Å². The predicted molar refractivity (Wildman–Crippen MR) is 121 cm³/mol. The van der Waals surface area contributed by atoms with E-state index in [4.69, 9.17) is 9.47 Å². The number of ether oxygens (including phenoxy) is 2. The number of hydrogen-bond acceptors (Lipinski definition) is 5. The summed E-state index contributed by atoms with van der Waals surface area (Å²) in [4.78, 5) is 17.1. The van der Waals surface area contributed by atoms with E-state index in [1.807, 2.05) is 6.20 Å². The van der Waals surface area contributed by atoms with Crippen LogP contribution >= 0.6 is 11.8 Å². The molecule has 0 unspecified atom stereocenters. The number of anilines is 1. The number of nitrogens with zero attached hydrogens (tertiary/aromatic N) is 2. The quantitative estimate of drug-likeness (QED) is 0.502. The third-order valence-corrected chi connectivity index (χ3v) is 5.79. The minimum Gasteiger partial charge on any atom is -0.497 e. The lowest BCUT2D eigenvalue weighted by atomic mass is 10.0. The fourth-order valence-corrected chi connectivity index (χ4v) is 4.08. The van der Waals surface area contributed by atoms with E-state index >= 15 is 0 Å². The first-order valence-electron chi connectivity index (χ1n) is 9.90. The van der Waals surface area contributed by atoms with Gasteiger partial charge < -0.3 is 14.8 Å². The van der Waals surface area contributed by atoms with Gasteiger partial charge in [0.15, 0.2) is 5.16 Å². The Morgan fingerprint density at radius 3 is 2.47 bits per heavy atom. The second kappa shape index (κ2) is 10.2. The van der Waals surface area contributed by atoms with E-state index in [0.29, 0.717) is 17.2 Å². The summed E-state index contributed by atoms with van der Waals surface area (Å²) in [6.07, 6.45) is 5.60. The first-order chi connectivity index (χ1) is 14.6. The van der Waals surface area contributed by atoms with E-state index in [-0.39, 0.29) is 11.7 Å². The van der Waals surface area contributed by atoms with Gasteiger partial charge in [-0.3, -0.25) is 9.36 Å². The highest BCUT2D eigenvalue weighted by Gasteiger charge is 2.15. The molecule has 3 rings (SSSR count). The maximum absolute atomic E-state index is 12.6. The molecular formula is C23H27N3O3S. The Labute approximate surface area is 181 Å². The van der Waals surface area contributed by atoms with Crippen molar-refractivity contribution in [3.8, 4) is 17.2 Å². The number of thioether (sulfide) groups is 1. The van der Waals surface area contributed by atoms with Gasteiger partial charge in [0.1, 0.15) is 11.5 Å². The Balaban J connectivity index is 1.77. The van der Waals surface area contributed by atoms with Crippen LogP contribution in [0.4, 0.5) is 5.69 Å². The number of aryl methyl sites for hydroxylation is 2. The molecule has 0 saturated carbocycles. The lowest BCUT2D eigenvalue weighted by Gasteiger charge is -2.16. The van der Waals surface area contributed by atoms with Crippen LogP contribution in [0.5, 0.6) is 11.5 Å². The van der Waals surface area contributed by atoms with Crippen molar-refractivity contribution >= 4 is 23.4 Å². The number of hydrogen-bond donors (Lipinski definition) is 1. The molecule has 1 N–H and O–H groups in total. The number of aromatic nitrogens is 2. The normalized spacial score (nSPS) is 10.7. The van der Waals surface area contributed by atoms with Crippen LogP contribution in [-0.2, 0) is 17.6 Å². The molecule has 1 amide bonds. The first kappa shape index (κ1) is 21.8. The molecule has 0 aliphatic heterocycles. The summed E-state index contributed by atoms with van der Waals surface area (Å²) in [7, 11) is 3.15. The summed E-state index contributed by atoms with van der Waals surface area (Å²) in [6.45, 7) is 4.30. The van der Waals surface area contributed by atoms with Crippen LogP contribution in [0.15, 0.2) is 53.9 Å². The average Bonchev–Trinajstić information content (AvgIpc) is 3.25. The van der Waals surface area contributed by atoms with Crippen LogP contribution in [0.25, 0.3) is 5.69 Å². The van der Waals surface area contributed by atoms with Crippen molar-refractivity contribution in [2.24, 2.45) is 0 Å². The Morgan fingerprint density at radius 2 is 1.83 bits per heavy atom. The zero-order valence-corrected chi connectivity index (χ0v) is 18.6. The Morgan fingerprint density at radius 1 is 1.10 bits per heavy atom. The molecular weight excluding hydrogens is 398 g/mol. The fraction of sp³-hybridized carbons (Fsp3) is 0.304. The van der Waals surface area contributed by atoms with Crippen molar-refractivity contribution in [2.75, 3.05) is 25.3 Å². The summed E-state index contributed by atoms with van der Waals surface area (Å²) < 4.78 is 12.7. The highest BCUT2D eigenvalue weighted by molar-refractivity contribution is 7.99. The van der Waals surface area contributed by atoms with Crippen molar-refractivity contribution in [2.45, 2.75) is 31.8 Å². The second-order valence-electron chi connectivity index (χ2n) is 6.61. The van der Waals surface area contributed by atoms with Gasteiger partial charge in [0, 0.05) is 18.5 Å². The second-order valence-corrected chi connectivity index (χ2v) is 7.56. The van der Waals surface area contributed by atoms with Gasteiger partial charge in [0.25, 0.3) is 0 Å². The molecule has 30 heavy (non-hydrogen) atoms. The molecule has 0 radical (unpaired) electrons. The van der Waals surface area contributed by atoms with E-state index in [1.165, 1.54) is 22.9 Å². The van der Waals surface area contributed by atoms with Gasteiger partial charge >= 0.3 is 0 Å². The average molecular weight is 426 g/mol. The number of carbonyl (C=O) groups excluding carboxylic acids is 1. The van der Waals surface area contributed by atoms with Crippen molar-refractivity contribution in [3.63, 3.8) is 0 Å². The van der Waals surface area contributed by atoms with Gasteiger partial charge in [-0.15, -0.1) is 0 Å². The molecule has 0 aliphatic rings. The summed E-state index contributed by atoms with van der Waals surface area (Å²) in [5.74, 6) is 1.32. The lowest BCUT2D eigenvalue weighted by molar-refractivity contribution is -0.113. The largest absolute Gasteiger partial charge is 0.497 e. The van der Waals surface area contributed by atoms with E-state index in [9.17, 15) is 4.79 Å². The number of imidazole rings is 1. The molecule has 1 heterocycles. The number of benzene rings is 2. The molecule has 158 valence electrons. The molecule has 0 fully saturated rings.